The van der Waals surface area contributed by atoms with Gasteiger partial charge >= 0.3 is 0 Å². The van der Waals surface area contributed by atoms with Crippen LogP contribution in [0.5, 0.6) is 0 Å². The van der Waals surface area contributed by atoms with Crippen LogP contribution in [0.4, 0.5) is 0 Å². The van der Waals surface area contributed by atoms with E-state index in [-0.39, 0.29) is 5.91 Å². The molecule has 21 heavy (non-hydrogen) atoms. The number of amides is 1. The van der Waals surface area contributed by atoms with Gasteiger partial charge in [-0.3, -0.25) is 4.79 Å². The van der Waals surface area contributed by atoms with Crippen molar-refractivity contribution in [2.45, 2.75) is 52.4 Å². The minimum absolute atomic E-state index is 0.111. The highest BCUT2D eigenvalue weighted by Crippen LogP contribution is 2.56. The number of nitrogens with one attached hydrogen (secondary N) is 1. The standard InChI is InChI=1S/C18H27NOS/c1-3-14-9-13(10-15-11-16(14)15)5-4-7-19-18(20)17-12(2)6-8-21-17/h6,8,13-16H,3-5,7,9-11H2,1-2H3,(H,19,20). The molecule has 1 heterocycles. The SMILES string of the molecule is CCC1CC(CCCNC(=O)c2sccc2C)CC2CC12. The molecule has 2 fully saturated rings. The van der Waals surface area contributed by atoms with E-state index in [2.05, 4.69) is 12.2 Å². The highest BCUT2D eigenvalue weighted by molar-refractivity contribution is 7.12. The van der Waals surface area contributed by atoms with Crippen molar-refractivity contribution in [1.82, 2.24) is 5.32 Å². The van der Waals surface area contributed by atoms with Crippen LogP contribution in [-0.4, -0.2) is 12.5 Å². The normalized spacial score (nSPS) is 30.8. The lowest BCUT2D eigenvalue weighted by Gasteiger charge is -2.28. The van der Waals surface area contributed by atoms with E-state index in [0.717, 1.165) is 47.1 Å². The lowest BCUT2D eigenvalue weighted by molar-refractivity contribution is 0.0955. The summed E-state index contributed by atoms with van der Waals surface area (Å²) >= 11 is 1.54. The van der Waals surface area contributed by atoms with Gasteiger partial charge in [-0.1, -0.05) is 13.3 Å². The Morgan fingerprint density at radius 2 is 2.24 bits per heavy atom. The van der Waals surface area contributed by atoms with Crippen molar-refractivity contribution in [1.29, 1.82) is 0 Å². The quantitative estimate of drug-likeness (QED) is 0.762. The molecule has 0 radical (unpaired) electrons. The van der Waals surface area contributed by atoms with E-state index in [0.29, 0.717) is 0 Å². The van der Waals surface area contributed by atoms with Crippen LogP contribution in [0.2, 0.25) is 0 Å². The predicted octanol–water partition coefficient (Wildman–Crippen LogP) is 4.64. The number of thiophene rings is 1. The maximum atomic E-state index is 12.0. The fraction of sp³-hybridized carbons (Fsp3) is 0.722. The third kappa shape index (κ3) is 3.50. The molecule has 2 saturated carbocycles. The zero-order chi connectivity index (χ0) is 14.8. The van der Waals surface area contributed by atoms with Crippen molar-refractivity contribution < 1.29 is 4.79 Å². The van der Waals surface area contributed by atoms with E-state index in [1.165, 1.54) is 32.1 Å². The van der Waals surface area contributed by atoms with E-state index < -0.39 is 0 Å². The number of rotatable bonds is 6. The molecule has 2 nitrogen and oxygen atoms in total. The Morgan fingerprint density at radius 3 is 2.95 bits per heavy atom. The molecule has 1 aromatic heterocycles. The highest BCUT2D eigenvalue weighted by Gasteiger charge is 2.46. The van der Waals surface area contributed by atoms with E-state index in [1.807, 2.05) is 18.4 Å². The zero-order valence-corrected chi connectivity index (χ0v) is 14.0. The smallest absolute Gasteiger partial charge is 0.261 e. The van der Waals surface area contributed by atoms with Crippen molar-refractivity contribution in [3.05, 3.63) is 21.9 Å². The Bertz CT molecular complexity index is 495. The maximum Gasteiger partial charge on any atom is 0.261 e. The Kier molecular flexibility index (Phi) is 4.68. The number of carbonyl (C=O) groups is 1. The maximum absolute atomic E-state index is 12.0. The van der Waals surface area contributed by atoms with E-state index in [4.69, 9.17) is 0 Å². The number of hydrogen-bond acceptors (Lipinski definition) is 2. The topological polar surface area (TPSA) is 29.1 Å². The Labute approximate surface area is 132 Å². The zero-order valence-electron chi connectivity index (χ0n) is 13.2. The molecule has 116 valence electrons. The second-order valence-corrected chi connectivity index (χ2v) is 7.91. The average Bonchev–Trinajstić information content (AvgIpc) is 3.14. The molecule has 4 unspecified atom stereocenters. The molecule has 1 aromatic rings. The van der Waals surface area contributed by atoms with Crippen molar-refractivity contribution >= 4 is 17.2 Å². The van der Waals surface area contributed by atoms with E-state index >= 15 is 0 Å². The second kappa shape index (κ2) is 6.51. The first kappa shape index (κ1) is 15.1. The van der Waals surface area contributed by atoms with Crippen molar-refractivity contribution in [2.24, 2.45) is 23.7 Å². The summed E-state index contributed by atoms with van der Waals surface area (Å²) in [6.45, 7) is 5.19. The molecule has 4 atom stereocenters. The molecule has 3 rings (SSSR count). The lowest BCUT2D eigenvalue weighted by atomic mass is 9.78. The third-order valence-corrected chi connectivity index (χ3v) is 6.54. The third-order valence-electron chi connectivity index (χ3n) is 5.52. The first-order valence-electron chi connectivity index (χ1n) is 8.51. The molecule has 3 heteroatoms. The fourth-order valence-corrected chi connectivity index (χ4v) is 5.07. The largest absolute Gasteiger partial charge is 0.351 e. The van der Waals surface area contributed by atoms with Crippen molar-refractivity contribution in [2.75, 3.05) is 6.54 Å². The van der Waals surface area contributed by atoms with Gasteiger partial charge < -0.3 is 5.32 Å². The summed E-state index contributed by atoms with van der Waals surface area (Å²) in [6, 6.07) is 2.01. The van der Waals surface area contributed by atoms with Crippen LogP contribution in [0, 0.1) is 30.6 Å². The van der Waals surface area contributed by atoms with Crippen LogP contribution in [0.3, 0.4) is 0 Å². The summed E-state index contributed by atoms with van der Waals surface area (Å²) in [7, 11) is 0. The minimum atomic E-state index is 0.111. The van der Waals surface area contributed by atoms with Crippen molar-refractivity contribution in [3.63, 3.8) is 0 Å². The fourth-order valence-electron chi connectivity index (χ4n) is 4.23. The monoisotopic (exact) mass is 305 g/mol. The first-order chi connectivity index (χ1) is 10.2. The average molecular weight is 305 g/mol. The van der Waals surface area contributed by atoms with Gasteiger partial charge in [-0.2, -0.15) is 0 Å². The molecule has 2 aliphatic rings. The molecular weight excluding hydrogens is 278 g/mol. The summed E-state index contributed by atoms with van der Waals surface area (Å²) in [6.07, 6.45) is 8.20. The van der Waals surface area contributed by atoms with E-state index in [1.54, 1.807) is 11.3 Å². The van der Waals surface area contributed by atoms with Crippen LogP contribution in [0.1, 0.15) is 60.7 Å². The molecule has 0 aliphatic heterocycles. The first-order valence-corrected chi connectivity index (χ1v) is 9.39. The molecular formula is C18H27NOS. The van der Waals surface area contributed by atoms with Crippen LogP contribution in [0.15, 0.2) is 11.4 Å². The lowest BCUT2D eigenvalue weighted by Crippen LogP contribution is -2.25. The number of hydrogen-bond donors (Lipinski definition) is 1. The summed E-state index contributed by atoms with van der Waals surface area (Å²) in [5.74, 6) is 4.15. The van der Waals surface area contributed by atoms with E-state index in [9.17, 15) is 4.79 Å². The van der Waals surface area contributed by atoms with Gasteiger partial charge in [0, 0.05) is 6.54 Å². The Morgan fingerprint density at radius 1 is 1.38 bits per heavy atom. The number of fused-ring (bicyclic) bond motifs is 1. The van der Waals surface area contributed by atoms with Crippen LogP contribution in [0.25, 0.3) is 0 Å². The highest BCUT2D eigenvalue weighted by atomic mass is 32.1. The second-order valence-electron chi connectivity index (χ2n) is 7.00. The number of aryl methyl sites for hydroxylation is 1. The van der Waals surface area contributed by atoms with Gasteiger partial charge in [-0.05, 0) is 79.7 Å². The van der Waals surface area contributed by atoms with Gasteiger partial charge in [0.1, 0.15) is 0 Å². The van der Waals surface area contributed by atoms with Crippen LogP contribution < -0.4 is 5.32 Å². The molecule has 0 aromatic carbocycles. The molecule has 0 bridgehead atoms. The molecule has 1 amide bonds. The summed E-state index contributed by atoms with van der Waals surface area (Å²) < 4.78 is 0. The van der Waals surface area contributed by atoms with Crippen molar-refractivity contribution in [3.8, 4) is 0 Å². The molecule has 1 N–H and O–H groups in total. The van der Waals surface area contributed by atoms with Gasteiger partial charge in [0.25, 0.3) is 5.91 Å². The van der Waals surface area contributed by atoms with Crippen LogP contribution in [-0.2, 0) is 0 Å². The number of carbonyl (C=O) groups excluding carboxylic acids is 1. The molecule has 0 spiro atoms. The van der Waals surface area contributed by atoms with Gasteiger partial charge in [-0.15, -0.1) is 11.3 Å². The minimum Gasteiger partial charge on any atom is -0.351 e. The van der Waals surface area contributed by atoms with Gasteiger partial charge in [-0.25, -0.2) is 0 Å². The Hall–Kier alpha value is -0.830. The predicted molar refractivity (Wildman–Crippen MR) is 88.7 cm³/mol. The van der Waals surface area contributed by atoms with Gasteiger partial charge in [0.05, 0.1) is 4.88 Å². The summed E-state index contributed by atoms with van der Waals surface area (Å²) in [5.41, 5.74) is 1.09. The van der Waals surface area contributed by atoms with Gasteiger partial charge in [0.15, 0.2) is 0 Å². The van der Waals surface area contributed by atoms with Gasteiger partial charge in [0.2, 0.25) is 0 Å². The Balaban J connectivity index is 1.37. The summed E-state index contributed by atoms with van der Waals surface area (Å²) in [5, 5.41) is 5.07. The molecule has 0 saturated heterocycles. The van der Waals surface area contributed by atoms with Crippen LogP contribution >= 0.6 is 11.3 Å². The summed E-state index contributed by atoms with van der Waals surface area (Å²) in [4.78, 5) is 12.9. The molecule has 2 aliphatic carbocycles.